The molecule has 4 N–H and O–H groups in total. The van der Waals surface area contributed by atoms with Gasteiger partial charge in [0.05, 0.1) is 11.8 Å². The van der Waals surface area contributed by atoms with Gasteiger partial charge in [0.2, 0.25) is 6.41 Å². The fourth-order valence-electron chi connectivity index (χ4n) is 3.11. The number of hydrogen-bond donors (Lipinski definition) is 3. The third kappa shape index (κ3) is 9.56. The first-order chi connectivity index (χ1) is 15.2. The minimum atomic E-state index is -0.764. The SMILES string of the molecule is CCCCCC1CCSS1.NCC(O)c1ccc(OCc2ccccc2)c(NC=O)c1. The van der Waals surface area contributed by atoms with Crippen molar-refractivity contribution in [1.29, 1.82) is 0 Å². The van der Waals surface area contributed by atoms with Gasteiger partial charge in [0, 0.05) is 17.5 Å². The van der Waals surface area contributed by atoms with Crippen LogP contribution in [0.1, 0.15) is 56.3 Å². The average Bonchev–Trinajstić information content (AvgIpc) is 3.33. The maximum atomic E-state index is 10.7. The second-order valence-corrected chi connectivity index (χ2v) is 10.2. The van der Waals surface area contributed by atoms with Crippen molar-refractivity contribution in [3.63, 3.8) is 0 Å². The standard InChI is InChI=1S/C16H18N2O3.C8H16S2/c17-9-15(20)13-6-7-16(14(8-13)18-11-19)21-10-12-4-2-1-3-5-12;1-2-3-4-5-8-6-7-9-10-8/h1-8,11,15,20H,9-10,17H2,(H,18,19);8H,2-7H2,1H3. The topological polar surface area (TPSA) is 84.6 Å². The van der Waals surface area contributed by atoms with Crippen LogP contribution in [0.3, 0.4) is 0 Å². The van der Waals surface area contributed by atoms with Crippen LogP contribution in [0.5, 0.6) is 5.75 Å². The van der Waals surface area contributed by atoms with Gasteiger partial charge in [-0.2, -0.15) is 0 Å². The maximum Gasteiger partial charge on any atom is 0.211 e. The Balaban J connectivity index is 0.000000285. The summed E-state index contributed by atoms with van der Waals surface area (Å²) in [5.74, 6) is 1.93. The largest absolute Gasteiger partial charge is 0.487 e. The van der Waals surface area contributed by atoms with E-state index in [0.717, 1.165) is 10.8 Å². The first-order valence-corrected chi connectivity index (χ1v) is 13.2. The summed E-state index contributed by atoms with van der Waals surface area (Å²) in [5, 5.41) is 13.3. The molecule has 0 aliphatic carbocycles. The summed E-state index contributed by atoms with van der Waals surface area (Å²) in [4.78, 5) is 10.7. The van der Waals surface area contributed by atoms with E-state index in [1.165, 1.54) is 37.9 Å². The quantitative estimate of drug-likeness (QED) is 0.231. The molecule has 1 amide bonds. The van der Waals surface area contributed by atoms with Crippen LogP contribution < -0.4 is 15.8 Å². The van der Waals surface area contributed by atoms with Crippen molar-refractivity contribution in [3.05, 3.63) is 59.7 Å². The third-order valence-electron chi connectivity index (χ3n) is 4.92. The number of benzene rings is 2. The van der Waals surface area contributed by atoms with Gasteiger partial charge in [0.1, 0.15) is 12.4 Å². The molecule has 1 fully saturated rings. The van der Waals surface area contributed by atoms with E-state index < -0.39 is 6.10 Å². The zero-order valence-corrected chi connectivity index (χ0v) is 19.8. The second kappa shape index (κ2) is 15.2. The van der Waals surface area contributed by atoms with Crippen LogP contribution in [0.15, 0.2) is 48.5 Å². The Bertz CT molecular complexity index is 756. The summed E-state index contributed by atoms with van der Waals surface area (Å²) in [6.07, 6.45) is 6.98. The van der Waals surface area contributed by atoms with Gasteiger partial charge < -0.3 is 20.9 Å². The van der Waals surface area contributed by atoms with Gasteiger partial charge in [-0.3, -0.25) is 4.79 Å². The van der Waals surface area contributed by atoms with Crippen LogP contribution in [0.2, 0.25) is 0 Å². The molecule has 0 spiro atoms. The molecule has 7 heteroatoms. The van der Waals surface area contributed by atoms with E-state index in [1.54, 1.807) is 18.2 Å². The van der Waals surface area contributed by atoms with Gasteiger partial charge in [-0.1, -0.05) is 84.2 Å². The Labute approximate surface area is 193 Å². The molecule has 170 valence electrons. The van der Waals surface area contributed by atoms with Crippen molar-refractivity contribution in [2.75, 3.05) is 17.6 Å². The first kappa shape index (κ1) is 25.6. The fourth-order valence-corrected chi connectivity index (χ4v) is 6.14. The number of carbonyl (C=O) groups is 1. The van der Waals surface area contributed by atoms with Crippen LogP contribution in [-0.4, -0.2) is 29.1 Å². The highest BCUT2D eigenvalue weighted by molar-refractivity contribution is 8.77. The van der Waals surface area contributed by atoms with E-state index in [2.05, 4.69) is 33.8 Å². The lowest BCUT2D eigenvalue weighted by atomic mass is 10.1. The molecule has 3 rings (SSSR count). The van der Waals surface area contributed by atoms with Gasteiger partial charge >= 0.3 is 0 Å². The highest BCUT2D eigenvalue weighted by Crippen LogP contribution is 2.39. The van der Waals surface area contributed by atoms with E-state index in [9.17, 15) is 9.90 Å². The second-order valence-electron chi connectivity index (χ2n) is 7.37. The van der Waals surface area contributed by atoms with Crippen molar-refractivity contribution >= 4 is 33.7 Å². The molecule has 1 heterocycles. The minimum absolute atomic E-state index is 0.116. The van der Waals surface area contributed by atoms with Gasteiger partial charge in [0.15, 0.2) is 0 Å². The number of nitrogens with two attached hydrogens (primary N) is 1. The summed E-state index contributed by atoms with van der Waals surface area (Å²) >= 11 is 0. The Morgan fingerprint density at radius 2 is 2.06 bits per heavy atom. The first-order valence-electron chi connectivity index (χ1n) is 10.8. The normalized spacial score (nSPS) is 16.2. The summed E-state index contributed by atoms with van der Waals surface area (Å²) in [6.45, 7) is 2.79. The molecule has 2 aromatic rings. The van der Waals surface area contributed by atoms with E-state index in [1.807, 2.05) is 30.3 Å². The van der Waals surface area contributed by atoms with Crippen molar-refractivity contribution < 1.29 is 14.6 Å². The lowest BCUT2D eigenvalue weighted by Gasteiger charge is -2.14. The number of carbonyl (C=O) groups excluding carboxylic acids is 1. The van der Waals surface area contributed by atoms with E-state index >= 15 is 0 Å². The summed E-state index contributed by atoms with van der Waals surface area (Å²) in [7, 11) is 4.17. The Morgan fingerprint density at radius 3 is 2.71 bits per heavy atom. The molecule has 2 aromatic carbocycles. The van der Waals surface area contributed by atoms with Crippen LogP contribution in [-0.2, 0) is 11.4 Å². The molecular formula is C24H34N2O3S2. The van der Waals surface area contributed by atoms with Crippen LogP contribution in [0.4, 0.5) is 5.69 Å². The molecule has 0 aromatic heterocycles. The lowest BCUT2D eigenvalue weighted by Crippen LogP contribution is -2.12. The zero-order valence-electron chi connectivity index (χ0n) is 18.2. The number of unbranched alkanes of at least 4 members (excludes halogenated alkanes) is 2. The van der Waals surface area contributed by atoms with Crippen molar-refractivity contribution in [2.45, 2.75) is 57.0 Å². The Hall–Kier alpha value is -1.67. The predicted molar refractivity (Wildman–Crippen MR) is 134 cm³/mol. The Kier molecular flexibility index (Phi) is 12.5. The molecule has 0 radical (unpaired) electrons. The molecule has 5 nitrogen and oxygen atoms in total. The minimum Gasteiger partial charge on any atom is -0.487 e. The third-order valence-corrected chi connectivity index (χ3v) is 7.93. The number of anilines is 1. The number of rotatable bonds is 11. The summed E-state index contributed by atoms with van der Waals surface area (Å²) < 4.78 is 5.71. The maximum absolute atomic E-state index is 10.7. The lowest BCUT2D eigenvalue weighted by molar-refractivity contribution is -0.105. The molecule has 1 saturated heterocycles. The highest BCUT2D eigenvalue weighted by atomic mass is 33.1. The monoisotopic (exact) mass is 462 g/mol. The van der Waals surface area contributed by atoms with E-state index in [-0.39, 0.29) is 6.54 Å². The molecule has 2 atom stereocenters. The smallest absolute Gasteiger partial charge is 0.211 e. The number of aliphatic hydroxyl groups excluding tert-OH is 1. The summed E-state index contributed by atoms with van der Waals surface area (Å²) in [6, 6.07) is 14.8. The van der Waals surface area contributed by atoms with Gasteiger partial charge in [0.25, 0.3) is 0 Å². The fraction of sp³-hybridized carbons (Fsp3) is 0.458. The average molecular weight is 463 g/mol. The van der Waals surface area contributed by atoms with E-state index in [0.29, 0.717) is 30.0 Å². The number of nitrogens with one attached hydrogen (secondary N) is 1. The molecular weight excluding hydrogens is 428 g/mol. The number of ether oxygens (including phenoxy) is 1. The number of aliphatic hydroxyl groups is 1. The van der Waals surface area contributed by atoms with E-state index in [4.69, 9.17) is 10.5 Å². The molecule has 1 aliphatic heterocycles. The Morgan fingerprint density at radius 1 is 1.26 bits per heavy atom. The molecule has 31 heavy (non-hydrogen) atoms. The summed E-state index contributed by atoms with van der Waals surface area (Å²) in [5.41, 5.74) is 7.60. The van der Waals surface area contributed by atoms with Crippen molar-refractivity contribution in [2.24, 2.45) is 5.73 Å². The van der Waals surface area contributed by atoms with Gasteiger partial charge in [-0.05, 0) is 36.1 Å². The van der Waals surface area contributed by atoms with Gasteiger partial charge in [-0.15, -0.1) is 0 Å². The number of hydrogen-bond acceptors (Lipinski definition) is 6. The molecule has 1 aliphatic rings. The van der Waals surface area contributed by atoms with Crippen molar-refractivity contribution in [1.82, 2.24) is 0 Å². The molecule has 2 unspecified atom stereocenters. The van der Waals surface area contributed by atoms with Crippen molar-refractivity contribution in [3.8, 4) is 5.75 Å². The zero-order chi connectivity index (χ0) is 22.3. The van der Waals surface area contributed by atoms with Crippen LogP contribution in [0.25, 0.3) is 0 Å². The number of amides is 1. The molecule has 0 bridgehead atoms. The highest BCUT2D eigenvalue weighted by Gasteiger charge is 2.15. The predicted octanol–water partition coefficient (Wildman–Crippen LogP) is 5.55. The van der Waals surface area contributed by atoms with Crippen LogP contribution >= 0.6 is 21.6 Å². The van der Waals surface area contributed by atoms with Crippen LogP contribution in [0, 0.1) is 0 Å². The molecule has 0 saturated carbocycles. The van der Waals surface area contributed by atoms with Gasteiger partial charge in [-0.25, -0.2) is 0 Å².